The van der Waals surface area contributed by atoms with Gasteiger partial charge in [0, 0.05) is 22.8 Å². The van der Waals surface area contributed by atoms with Crippen LogP contribution in [0.4, 0.5) is 5.69 Å². The van der Waals surface area contributed by atoms with E-state index in [-0.39, 0.29) is 47.5 Å². The smallest absolute Gasteiger partial charge is 0.257 e. The SMILES string of the molecule is [2H]C([2H])([C@]([2H])(c1ccc(OC)c(OCC)c1)N1Cc2cccc(NC(=O)C3CC3)c2C1=O)S(C)(=O)=O.[2H]CC. The topological polar surface area (TPSA) is 102 Å². The fourth-order valence-electron chi connectivity index (χ4n) is 3.76. The van der Waals surface area contributed by atoms with Crippen molar-refractivity contribution in [3.63, 3.8) is 0 Å². The summed E-state index contributed by atoms with van der Waals surface area (Å²) in [6, 6.07) is 6.26. The standard InChI is InChI=1S/C24H28N2O6S.C2H6/c1-4-32-21-12-16(10-11-20(21)31-2)19(14-33(3,29)30)26-13-17-6-5-7-18(22(17)24(26)28)25-23(27)15-8-9-15;1-2/h5-7,10-12,15,19H,4,8-9,13-14H2,1-3H3,(H,25,27);1-2H3/t19-;/m1./s1/i14D2,19D;1D. The van der Waals surface area contributed by atoms with Gasteiger partial charge in [0.25, 0.3) is 5.91 Å². The van der Waals surface area contributed by atoms with Gasteiger partial charge in [0.15, 0.2) is 11.5 Å². The number of carbonyl (C=O) groups is 2. The second-order valence-corrected chi connectivity index (χ2v) is 9.76. The maximum Gasteiger partial charge on any atom is 0.257 e. The van der Waals surface area contributed by atoms with Gasteiger partial charge < -0.3 is 19.7 Å². The molecule has 1 aliphatic carbocycles. The molecule has 2 aliphatic rings. The number of methoxy groups -OCH3 is 1. The van der Waals surface area contributed by atoms with Crippen molar-refractivity contribution in [1.82, 2.24) is 4.90 Å². The van der Waals surface area contributed by atoms with Crippen molar-refractivity contribution in [3.8, 4) is 11.5 Å². The first kappa shape index (κ1) is 21.2. The minimum Gasteiger partial charge on any atom is -0.493 e. The molecule has 0 aromatic heterocycles. The Labute approximate surface area is 213 Å². The number of fused-ring (bicyclic) bond motifs is 1. The third-order valence-corrected chi connectivity index (χ3v) is 6.00. The highest BCUT2D eigenvalue weighted by atomic mass is 32.2. The van der Waals surface area contributed by atoms with E-state index in [1.807, 2.05) is 0 Å². The van der Waals surface area contributed by atoms with E-state index < -0.39 is 27.5 Å². The van der Waals surface area contributed by atoms with Gasteiger partial charge in [-0.1, -0.05) is 32.0 Å². The second kappa shape index (κ2) is 11.1. The molecule has 0 saturated heterocycles. The van der Waals surface area contributed by atoms with E-state index in [4.69, 9.17) is 13.6 Å². The molecule has 2 aromatic carbocycles. The predicted octanol–water partition coefficient (Wildman–Crippen LogP) is 4.21. The first-order valence-corrected chi connectivity index (χ1v) is 13.2. The number of sulfone groups is 1. The number of carbonyl (C=O) groups excluding carboxylic acids is 2. The Morgan fingerprint density at radius 1 is 1.31 bits per heavy atom. The fourth-order valence-corrected chi connectivity index (χ4v) is 4.34. The number of nitrogens with zero attached hydrogens (tertiary/aromatic N) is 1. The van der Waals surface area contributed by atoms with Crippen molar-refractivity contribution in [2.45, 2.75) is 46.2 Å². The van der Waals surface area contributed by atoms with Gasteiger partial charge in [-0.2, -0.15) is 0 Å². The highest BCUT2D eigenvalue weighted by Gasteiger charge is 2.38. The molecule has 2 amide bonds. The lowest BCUT2D eigenvalue weighted by atomic mass is 10.1. The molecule has 2 aromatic rings. The zero-order valence-electron chi connectivity index (χ0n) is 24.4. The third-order valence-electron chi connectivity index (χ3n) is 5.43. The quantitative estimate of drug-likeness (QED) is 0.547. The van der Waals surface area contributed by atoms with Crippen molar-refractivity contribution in [2.24, 2.45) is 5.92 Å². The van der Waals surface area contributed by atoms with Crippen LogP contribution in [0, 0.1) is 5.92 Å². The van der Waals surface area contributed by atoms with Crippen molar-refractivity contribution in [2.75, 3.05) is 31.0 Å². The van der Waals surface area contributed by atoms with Gasteiger partial charge in [0.2, 0.25) is 5.91 Å². The van der Waals surface area contributed by atoms with Crippen LogP contribution in [-0.2, 0) is 21.2 Å². The number of hydrogen-bond donors (Lipinski definition) is 1. The molecule has 8 nitrogen and oxygen atoms in total. The average Bonchev–Trinajstić information content (AvgIpc) is 3.67. The summed E-state index contributed by atoms with van der Waals surface area (Å²) in [6.45, 7) is 4.03. The number of ether oxygens (including phenoxy) is 2. The van der Waals surface area contributed by atoms with Crippen LogP contribution in [0.15, 0.2) is 36.4 Å². The number of nitrogens with one attached hydrogen (secondary N) is 1. The Balaban J connectivity index is 0.00000134. The lowest BCUT2D eigenvalue weighted by molar-refractivity contribution is -0.117. The van der Waals surface area contributed by atoms with Gasteiger partial charge >= 0.3 is 0 Å². The van der Waals surface area contributed by atoms with Gasteiger partial charge in [-0.05, 0) is 49.1 Å². The summed E-state index contributed by atoms with van der Waals surface area (Å²) >= 11 is 0. The summed E-state index contributed by atoms with van der Waals surface area (Å²) in [6.07, 6.45) is 2.23. The number of anilines is 1. The van der Waals surface area contributed by atoms with Gasteiger partial charge in [-0.3, -0.25) is 9.59 Å². The van der Waals surface area contributed by atoms with Crippen molar-refractivity contribution < 1.29 is 33.0 Å². The van der Waals surface area contributed by atoms with Crippen LogP contribution in [0.25, 0.3) is 0 Å². The molecule has 1 heterocycles. The second-order valence-electron chi connectivity index (χ2n) is 8.02. The van der Waals surface area contributed by atoms with Crippen LogP contribution in [0.1, 0.15) is 66.6 Å². The van der Waals surface area contributed by atoms with Crippen LogP contribution >= 0.6 is 0 Å². The Hall–Kier alpha value is -3.07. The van der Waals surface area contributed by atoms with E-state index in [0.717, 1.165) is 17.7 Å². The van der Waals surface area contributed by atoms with Gasteiger partial charge in [0.05, 0.1) is 38.1 Å². The largest absolute Gasteiger partial charge is 0.493 e. The Morgan fingerprint density at radius 2 is 2.03 bits per heavy atom. The zero-order chi connectivity index (χ0) is 29.2. The Bertz CT molecular complexity index is 1350. The minimum absolute atomic E-state index is 0.105. The van der Waals surface area contributed by atoms with Crippen LogP contribution in [-0.4, -0.2) is 50.8 Å². The van der Waals surface area contributed by atoms with E-state index in [1.54, 1.807) is 32.0 Å². The Morgan fingerprint density at radius 3 is 2.63 bits per heavy atom. The molecule has 9 heteroatoms. The maximum atomic E-state index is 13.7. The van der Waals surface area contributed by atoms with Gasteiger partial charge in [-0.25, -0.2) is 8.42 Å². The fraction of sp³-hybridized carbons (Fsp3) is 0.462. The average molecular weight is 507 g/mol. The van der Waals surface area contributed by atoms with Crippen molar-refractivity contribution in [3.05, 3.63) is 53.1 Å². The molecule has 1 atom stereocenters. The summed E-state index contributed by atoms with van der Waals surface area (Å²) in [4.78, 5) is 27.0. The van der Waals surface area contributed by atoms with Crippen molar-refractivity contribution in [1.29, 1.82) is 0 Å². The first-order chi connectivity index (χ1) is 18.3. The third kappa shape index (κ3) is 6.14. The van der Waals surface area contributed by atoms with E-state index in [2.05, 4.69) is 5.32 Å². The Kier molecular flexibility index (Phi) is 6.74. The highest BCUT2D eigenvalue weighted by molar-refractivity contribution is 7.90. The molecule has 1 fully saturated rings. The summed E-state index contributed by atoms with van der Waals surface area (Å²) in [5.41, 5.74) is -2.50. The maximum absolute atomic E-state index is 13.7. The highest BCUT2D eigenvalue weighted by Crippen LogP contribution is 2.39. The van der Waals surface area contributed by atoms with Crippen LogP contribution in [0.2, 0.25) is 0 Å². The summed E-state index contributed by atoms with van der Waals surface area (Å²) in [7, 11) is -3.10. The molecular formula is C26H34N2O6S. The summed E-state index contributed by atoms with van der Waals surface area (Å²) in [5.74, 6) is -0.592. The summed E-state index contributed by atoms with van der Waals surface area (Å²) < 4.78 is 69.0. The molecule has 0 radical (unpaired) electrons. The number of rotatable bonds is 9. The van der Waals surface area contributed by atoms with Gasteiger partial charge in [0.1, 0.15) is 9.84 Å². The molecule has 190 valence electrons. The minimum atomic E-state index is -4.52. The molecule has 4 rings (SSSR count). The van der Waals surface area contributed by atoms with Crippen LogP contribution < -0.4 is 14.8 Å². The van der Waals surface area contributed by atoms with E-state index in [9.17, 15) is 19.4 Å². The lowest BCUT2D eigenvalue weighted by Gasteiger charge is -2.28. The van der Waals surface area contributed by atoms with Crippen LogP contribution in [0.3, 0.4) is 0 Å². The molecule has 1 saturated carbocycles. The number of benzene rings is 2. The monoisotopic (exact) mass is 506 g/mol. The van der Waals surface area contributed by atoms with E-state index >= 15 is 0 Å². The van der Waals surface area contributed by atoms with E-state index in [1.165, 1.54) is 25.3 Å². The number of amides is 2. The molecule has 1 N–H and O–H groups in total. The normalized spacial score (nSPS) is 18.5. The lowest BCUT2D eigenvalue weighted by Crippen LogP contribution is -2.34. The molecule has 1 aliphatic heterocycles. The molecular weight excluding hydrogens is 468 g/mol. The number of hydrogen-bond acceptors (Lipinski definition) is 6. The molecule has 0 bridgehead atoms. The first-order valence-electron chi connectivity index (χ1n) is 13.5. The van der Waals surface area contributed by atoms with Crippen LogP contribution in [0.5, 0.6) is 11.5 Å². The van der Waals surface area contributed by atoms with E-state index in [0.29, 0.717) is 24.5 Å². The van der Waals surface area contributed by atoms with Gasteiger partial charge in [-0.15, -0.1) is 0 Å². The molecule has 0 spiro atoms. The summed E-state index contributed by atoms with van der Waals surface area (Å²) in [5, 5.41) is 2.76. The van der Waals surface area contributed by atoms with Crippen molar-refractivity contribution >= 4 is 27.3 Å². The molecule has 35 heavy (non-hydrogen) atoms. The predicted molar refractivity (Wildman–Crippen MR) is 136 cm³/mol. The zero-order valence-corrected chi connectivity index (χ0v) is 21.2. The molecule has 0 unspecified atom stereocenters.